The van der Waals surface area contributed by atoms with E-state index < -0.39 is 6.10 Å². The topological polar surface area (TPSA) is 82.5 Å². The number of likely N-dealkylation sites (tertiary alicyclic amines) is 1. The number of para-hydroxylation sites is 1. The van der Waals surface area contributed by atoms with Crippen LogP contribution in [0.2, 0.25) is 0 Å². The number of aliphatic hydroxyl groups excluding tert-OH is 1. The van der Waals surface area contributed by atoms with Crippen LogP contribution in [0.5, 0.6) is 0 Å². The second kappa shape index (κ2) is 10.2. The highest BCUT2D eigenvalue weighted by Gasteiger charge is 2.34. The number of carbonyl (C=O) groups excluding carboxylic acids is 2. The summed E-state index contributed by atoms with van der Waals surface area (Å²) in [5, 5.41) is 14.8. The highest BCUT2D eigenvalue weighted by Crippen LogP contribution is 2.26. The van der Waals surface area contributed by atoms with E-state index in [9.17, 15) is 14.7 Å². The molecule has 0 unspecified atom stereocenters. The zero-order chi connectivity index (χ0) is 21.6. The fourth-order valence-electron chi connectivity index (χ4n) is 4.98. The van der Waals surface area contributed by atoms with Gasteiger partial charge in [-0.25, -0.2) is 0 Å². The van der Waals surface area contributed by atoms with Crippen molar-refractivity contribution in [1.82, 2.24) is 15.2 Å². The molecule has 1 aromatic carbocycles. The lowest BCUT2D eigenvalue weighted by Gasteiger charge is -2.18. The smallest absolute Gasteiger partial charge is 0.223 e. The molecule has 1 saturated carbocycles. The average molecular weight is 424 g/mol. The zero-order valence-corrected chi connectivity index (χ0v) is 18.1. The first-order chi connectivity index (χ1) is 15.1. The van der Waals surface area contributed by atoms with Gasteiger partial charge in [-0.15, -0.1) is 0 Å². The molecule has 2 amide bonds. The summed E-state index contributed by atoms with van der Waals surface area (Å²) in [6.07, 6.45) is 9.32. The van der Waals surface area contributed by atoms with E-state index in [1.165, 1.54) is 25.7 Å². The van der Waals surface area contributed by atoms with Crippen molar-refractivity contribution >= 4 is 22.7 Å². The maximum atomic E-state index is 12.7. The first kappa shape index (κ1) is 21.8. The number of hydrogen-bond acceptors (Lipinski definition) is 4. The molecule has 6 heteroatoms. The summed E-state index contributed by atoms with van der Waals surface area (Å²) in [4.78, 5) is 31.1. The molecule has 2 fully saturated rings. The van der Waals surface area contributed by atoms with Gasteiger partial charge in [0.05, 0.1) is 11.6 Å². The molecule has 2 N–H and O–H groups in total. The quantitative estimate of drug-likeness (QED) is 0.699. The molecule has 1 aliphatic heterocycles. The molecular formula is C25H33N3O3. The number of β-amino-alcohol motifs (C(OH)–C–C–N with tert-alkyl or cyclic N) is 1. The number of hydrogen-bond donors (Lipinski definition) is 2. The number of benzene rings is 1. The van der Waals surface area contributed by atoms with Crippen LogP contribution >= 0.6 is 0 Å². The van der Waals surface area contributed by atoms with Crippen LogP contribution in [0.4, 0.5) is 0 Å². The van der Waals surface area contributed by atoms with E-state index in [0.717, 1.165) is 29.3 Å². The predicted octanol–water partition coefficient (Wildman–Crippen LogP) is 3.22. The van der Waals surface area contributed by atoms with Crippen molar-refractivity contribution in [3.05, 3.63) is 42.1 Å². The van der Waals surface area contributed by atoms with Gasteiger partial charge in [0.25, 0.3) is 0 Å². The predicted molar refractivity (Wildman–Crippen MR) is 120 cm³/mol. The highest BCUT2D eigenvalue weighted by atomic mass is 16.3. The molecule has 4 rings (SSSR count). The van der Waals surface area contributed by atoms with Crippen LogP contribution in [-0.2, 0) is 16.0 Å². The molecule has 0 radical (unpaired) electrons. The van der Waals surface area contributed by atoms with Gasteiger partial charge < -0.3 is 15.3 Å². The molecule has 31 heavy (non-hydrogen) atoms. The Morgan fingerprint density at radius 1 is 1.03 bits per heavy atom. The summed E-state index contributed by atoms with van der Waals surface area (Å²) in [5.74, 6) is -0.0773. The molecule has 1 aromatic heterocycles. The van der Waals surface area contributed by atoms with E-state index >= 15 is 0 Å². The number of amides is 2. The van der Waals surface area contributed by atoms with E-state index in [0.29, 0.717) is 19.5 Å². The summed E-state index contributed by atoms with van der Waals surface area (Å²) >= 11 is 0. The van der Waals surface area contributed by atoms with E-state index in [1.807, 2.05) is 24.3 Å². The lowest BCUT2D eigenvalue weighted by Crippen LogP contribution is -2.36. The second-order valence-electron chi connectivity index (χ2n) is 9.07. The van der Waals surface area contributed by atoms with Gasteiger partial charge in [-0.05, 0) is 37.0 Å². The number of nitrogens with one attached hydrogen (secondary N) is 1. The summed E-state index contributed by atoms with van der Waals surface area (Å²) in [5.41, 5.74) is 2.09. The normalized spacial score (nSPS) is 22.4. The number of carbonyl (C=O) groups is 2. The number of pyridine rings is 1. The van der Waals surface area contributed by atoms with Crippen LogP contribution in [-0.4, -0.2) is 52.0 Å². The molecule has 166 valence electrons. The van der Waals surface area contributed by atoms with Gasteiger partial charge in [0.15, 0.2) is 0 Å². The van der Waals surface area contributed by atoms with Crippen molar-refractivity contribution < 1.29 is 14.7 Å². The second-order valence-corrected chi connectivity index (χ2v) is 9.07. The van der Waals surface area contributed by atoms with Crippen molar-refractivity contribution in [3.63, 3.8) is 0 Å². The fraction of sp³-hybridized carbons (Fsp3) is 0.560. The van der Waals surface area contributed by atoms with Crippen LogP contribution in [0.3, 0.4) is 0 Å². The number of nitrogens with zero attached hydrogens (tertiary/aromatic N) is 2. The SMILES string of the molecule is O=C(CCC(=O)N1C[C@@H](Cc2ccnc3ccccc23)[C@H](O)C1)NC1CCCCCC1. The van der Waals surface area contributed by atoms with Gasteiger partial charge in [0, 0.05) is 49.5 Å². The minimum Gasteiger partial charge on any atom is -0.391 e. The van der Waals surface area contributed by atoms with Crippen molar-refractivity contribution in [2.75, 3.05) is 13.1 Å². The fourth-order valence-corrected chi connectivity index (χ4v) is 4.98. The Labute approximate surface area is 184 Å². The molecule has 1 saturated heterocycles. The Morgan fingerprint density at radius 2 is 1.81 bits per heavy atom. The monoisotopic (exact) mass is 423 g/mol. The lowest BCUT2D eigenvalue weighted by atomic mass is 9.94. The summed E-state index contributed by atoms with van der Waals surface area (Å²) < 4.78 is 0. The Hall–Kier alpha value is -2.47. The van der Waals surface area contributed by atoms with Gasteiger partial charge >= 0.3 is 0 Å². The van der Waals surface area contributed by atoms with Crippen molar-refractivity contribution in [3.8, 4) is 0 Å². The van der Waals surface area contributed by atoms with Gasteiger partial charge in [0.1, 0.15) is 0 Å². The first-order valence-electron chi connectivity index (χ1n) is 11.7. The minimum absolute atomic E-state index is 0.00503. The van der Waals surface area contributed by atoms with Crippen LogP contribution in [0.1, 0.15) is 56.9 Å². The van der Waals surface area contributed by atoms with E-state index in [-0.39, 0.29) is 36.6 Å². The van der Waals surface area contributed by atoms with Gasteiger partial charge in [-0.1, -0.05) is 43.9 Å². The third-order valence-electron chi connectivity index (χ3n) is 6.77. The summed E-state index contributed by atoms with van der Waals surface area (Å²) in [6, 6.07) is 10.3. The highest BCUT2D eigenvalue weighted by molar-refractivity contribution is 5.84. The Bertz CT molecular complexity index is 903. The summed E-state index contributed by atoms with van der Waals surface area (Å²) in [6.45, 7) is 0.873. The number of fused-ring (bicyclic) bond motifs is 1. The van der Waals surface area contributed by atoms with Crippen molar-refractivity contribution in [2.24, 2.45) is 5.92 Å². The molecule has 2 aromatic rings. The molecule has 2 aliphatic rings. The summed E-state index contributed by atoms with van der Waals surface area (Å²) in [7, 11) is 0. The molecule has 6 nitrogen and oxygen atoms in total. The van der Waals surface area contributed by atoms with Gasteiger partial charge in [-0.2, -0.15) is 0 Å². The molecule has 0 bridgehead atoms. The van der Waals surface area contributed by atoms with Crippen LogP contribution < -0.4 is 5.32 Å². The number of aromatic nitrogens is 1. The van der Waals surface area contributed by atoms with Crippen LogP contribution in [0.15, 0.2) is 36.5 Å². The van der Waals surface area contributed by atoms with Gasteiger partial charge in [-0.3, -0.25) is 14.6 Å². The minimum atomic E-state index is -0.546. The van der Waals surface area contributed by atoms with E-state index in [1.54, 1.807) is 11.1 Å². The molecule has 1 aliphatic carbocycles. The zero-order valence-electron chi connectivity index (χ0n) is 18.1. The van der Waals surface area contributed by atoms with E-state index in [4.69, 9.17) is 0 Å². The molecule has 2 atom stereocenters. The third-order valence-corrected chi connectivity index (χ3v) is 6.77. The Kier molecular flexibility index (Phi) is 7.17. The first-order valence-corrected chi connectivity index (χ1v) is 11.7. The molecule has 2 heterocycles. The van der Waals surface area contributed by atoms with E-state index in [2.05, 4.69) is 16.4 Å². The van der Waals surface area contributed by atoms with Crippen LogP contribution in [0, 0.1) is 5.92 Å². The maximum absolute atomic E-state index is 12.7. The van der Waals surface area contributed by atoms with Gasteiger partial charge in [0.2, 0.25) is 11.8 Å². The Morgan fingerprint density at radius 3 is 2.61 bits per heavy atom. The standard InChI is InChI=1S/C25H33N3O3/c29-23-17-28(25(31)12-11-24(30)27-20-7-3-1-2-4-8-20)16-19(23)15-18-13-14-26-22-10-6-5-9-21(18)22/h5-6,9-10,13-14,19-20,23,29H,1-4,7-8,11-12,15-17H2,(H,27,30)/t19-,23-/m1/s1. The van der Waals surface area contributed by atoms with Crippen molar-refractivity contribution in [2.45, 2.75) is 69.9 Å². The molecule has 0 spiro atoms. The number of aliphatic hydroxyl groups is 1. The third kappa shape index (κ3) is 5.62. The van der Waals surface area contributed by atoms with Crippen LogP contribution in [0.25, 0.3) is 10.9 Å². The lowest BCUT2D eigenvalue weighted by molar-refractivity contribution is -0.133. The van der Waals surface area contributed by atoms with Crippen molar-refractivity contribution in [1.29, 1.82) is 0 Å². The maximum Gasteiger partial charge on any atom is 0.223 e. The number of rotatable bonds is 6. The average Bonchev–Trinajstić information content (AvgIpc) is 2.97. The Balaban J connectivity index is 1.28. The largest absolute Gasteiger partial charge is 0.391 e. The molecular weight excluding hydrogens is 390 g/mol.